The van der Waals surface area contributed by atoms with Gasteiger partial charge in [0.15, 0.2) is 0 Å². The van der Waals surface area contributed by atoms with Crippen LogP contribution in [0.3, 0.4) is 0 Å². The molecule has 4 nitrogen and oxygen atoms in total. The van der Waals surface area contributed by atoms with Crippen LogP contribution in [0.2, 0.25) is 0 Å². The van der Waals surface area contributed by atoms with E-state index in [4.69, 9.17) is 10.2 Å². The maximum Gasteiger partial charge on any atom is 0.341 e. The standard InChI is InChI=1S/2C3H4F2O2.Cd/c2*4-1-2(5)3(6)7;/h2*2H,1H2,(H,6,7);. The summed E-state index contributed by atoms with van der Waals surface area (Å²) in [4.78, 5) is 18.6. The predicted molar refractivity (Wildman–Crippen MR) is 37.0 cm³/mol. The van der Waals surface area contributed by atoms with E-state index < -0.39 is 37.6 Å². The largest absolute Gasteiger partial charge is 0.479 e. The quantitative estimate of drug-likeness (QED) is 0.589. The van der Waals surface area contributed by atoms with Gasteiger partial charge >= 0.3 is 11.9 Å². The van der Waals surface area contributed by atoms with Crippen molar-refractivity contribution in [2.24, 2.45) is 0 Å². The average Bonchev–Trinajstić information content (AvgIpc) is 2.15. The van der Waals surface area contributed by atoms with Crippen molar-refractivity contribution in [3.05, 3.63) is 0 Å². The smallest absolute Gasteiger partial charge is 0.341 e. The van der Waals surface area contributed by atoms with Gasteiger partial charge in [-0.1, -0.05) is 0 Å². The van der Waals surface area contributed by atoms with E-state index in [9.17, 15) is 27.2 Å². The van der Waals surface area contributed by atoms with Crippen LogP contribution in [0, 0.1) is 0 Å². The van der Waals surface area contributed by atoms with Gasteiger partial charge in [-0.15, -0.1) is 0 Å². The first kappa shape index (κ1) is 20.1. The summed E-state index contributed by atoms with van der Waals surface area (Å²) in [7, 11) is 0. The van der Waals surface area contributed by atoms with E-state index >= 15 is 0 Å². The summed E-state index contributed by atoms with van der Waals surface area (Å²) in [6.45, 7) is -2.90. The van der Waals surface area contributed by atoms with Crippen molar-refractivity contribution in [3.8, 4) is 0 Å². The molecule has 0 aliphatic rings. The van der Waals surface area contributed by atoms with Gasteiger partial charge < -0.3 is 10.2 Å². The first-order chi connectivity index (χ1) is 6.36. The number of carboxylic acid groups (broad SMARTS) is 2. The molecule has 0 saturated heterocycles. The minimum absolute atomic E-state index is 0. The van der Waals surface area contributed by atoms with Gasteiger partial charge in [-0.25, -0.2) is 27.2 Å². The van der Waals surface area contributed by atoms with Crippen LogP contribution in [-0.4, -0.2) is 47.8 Å². The van der Waals surface area contributed by atoms with E-state index in [1.54, 1.807) is 0 Å². The average molecular weight is 333 g/mol. The Morgan fingerprint density at radius 2 is 1.13 bits per heavy atom. The molecule has 0 aromatic heterocycles. The molecule has 0 saturated carbocycles. The zero-order chi connectivity index (χ0) is 11.7. The van der Waals surface area contributed by atoms with Crippen molar-refractivity contribution in [1.29, 1.82) is 0 Å². The molecular formula is C6H8CdF4O4. The van der Waals surface area contributed by atoms with Crippen LogP contribution in [0.1, 0.15) is 0 Å². The summed E-state index contributed by atoms with van der Waals surface area (Å²) in [6, 6.07) is 0. The normalized spacial score (nSPS) is 12.5. The van der Waals surface area contributed by atoms with Gasteiger partial charge in [0, 0.05) is 27.3 Å². The number of hydrogen-bond acceptors (Lipinski definition) is 2. The van der Waals surface area contributed by atoms with E-state index in [2.05, 4.69) is 0 Å². The number of halogens is 4. The summed E-state index contributed by atoms with van der Waals surface area (Å²) >= 11 is 0. The Morgan fingerprint density at radius 3 is 1.13 bits per heavy atom. The molecule has 0 spiro atoms. The summed E-state index contributed by atoms with van der Waals surface area (Å²) in [6.07, 6.45) is -4.69. The Balaban J connectivity index is -0.000000180. The van der Waals surface area contributed by atoms with Gasteiger partial charge in [0.2, 0.25) is 12.3 Å². The molecule has 0 bridgehead atoms. The second-order valence-electron chi connectivity index (χ2n) is 1.92. The fourth-order valence-electron chi connectivity index (χ4n) is 0.132. The van der Waals surface area contributed by atoms with Crippen LogP contribution < -0.4 is 0 Å². The van der Waals surface area contributed by atoms with Crippen LogP contribution in [-0.2, 0) is 36.9 Å². The zero-order valence-electron chi connectivity index (χ0n) is 7.50. The molecule has 9 heteroatoms. The minimum Gasteiger partial charge on any atom is -0.479 e. The van der Waals surface area contributed by atoms with Crippen molar-refractivity contribution < 1.29 is 64.7 Å². The van der Waals surface area contributed by atoms with Crippen molar-refractivity contribution >= 4 is 11.9 Å². The number of carbonyl (C=O) groups is 2. The molecule has 0 radical (unpaired) electrons. The molecule has 2 atom stereocenters. The topological polar surface area (TPSA) is 74.6 Å². The van der Waals surface area contributed by atoms with Crippen molar-refractivity contribution in [2.45, 2.75) is 12.3 Å². The van der Waals surface area contributed by atoms with E-state index in [1.165, 1.54) is 0 Å². The van der Waals surface area contributed by atoms with Gasteiger partial charge in [0.25, 0.3) is 0 Å². The molecular weight excluding hydrogens is 324 g/mol. The predicted octanol–water partition coefficient (Wildman–Crippen LogP) is 0.755. The third-order valence-electron chi connectivity index (χ3n) is 0.807. The summed E-state index contributed by atoms with van der Waals surface area (Å²) < 4.78 is 44.3. The number of aliphatic carboxylic acids is 2. The molecule has 2 N–H and O–H groups in total. The maximum absolute atomic E-state index is 11.3. The summed E-state index contributed by atoms with van der Waals surface area (Å²) in [5.74, 6) is -3.50. The van der Waals surface area contributed by atoms with Crippen molar-refractivity contribution in [3.63, 3.8) is 0 Å². The fraction of sp³-hybridized carbons (Fsp3) is 0.667. The monoisotopic (exact) mass is 334 g/mol. The van der Waals surface area contributed by atoms with Crippen LogP contribution in [0.5, 0.6) is 0 Å². The first-order valence-corrected chi connectivity index (χ1v) is 3.22. The molecule has 0 aromatic carbocycles. The number of rotatable bonds is 4. The molecule has 0 heterocycles. The van der Waals surface area contributed by atoms with Crippen molar-refractivity contribution in [2.75, 3.05) is 13.3 Å². The third-order valence-corrected chi connectivity index (χ3v) is 0.807. The van der Waals surface area contributed by atoms with Gasteiger partial charge in [-0.05, 0) is 0 Å². The SMILES string of the molecule is O=C(O)C(F)CF.O=C(O)C(F)CF.[Cd]. The molecule has 0 aromatic rings. The molecule has 15 heavy (non-hydrogen) atoms. The molecule has 0 rings (SSSR count). The number of carboxylic acids is 2. The summed E-state index contributed by atoms with van der Waals surface area (Å²) in [5.41, 5.74) is 0. The Bertz CT molecular complexity index is 172. The van der Waals surface area contributed by atoms with E-state index in [0.29, 0.717) is 0 Å². The van der Waals surface area contributed by atoms with Gasteiger partial charge in [-0.3, -0.25) is 0 Å². The van der Waals surface area contributed by atoms with Crippen LogP contribution in [0.25, 0.3) is 0 Å². The van der Waals surface area contributed by atoms with Crippen LogP contribution in [0.4, 0.5) is 17.6 Å². The van der Waals surface area contributed by atoms with Gasteiger partial charge in [0.1, 0.15) is 13.3 Å². The first-order valence-electron chi connectivity index (χ1n) is 3.22. The van der Waals surface area contributed by atoms with Gasteiger partial charge in [-0.2, -0.15) is 0 Å². The summed E-state index contributed by atoms with van der Waals surface area (Å²) in [5, 5.41) is 15.1. The fourth-order valence-corrected chi connectivity index (χ4v) is 0.132. The van der Waals surface area contributed by atoms with Crippen LogP contribution >= 0.6 is 0 Å². The zero-order valence-corrected chi connectivity index (χ0v) is 11.5. The number of hydrogen-bond donors (Lipinski definition) is 2. The van der Waals surface area contributed by atoms with E-state index in [0.717, 1.165) is 0 Å². The molecule has 0 fully saturated rings. The molecule has 0 amide bonds. The Labute approximate surface area is 102 Å². The van der Waals surface area contributed by atoms with Crippen molar-refractivity contribution in [1.82, 2.24) is 0 Å². The molecule has 0 aliphatic heterocycles. The Hall–Kier alpha value is -0.418. The second-order valence-corrected chi connectivity index (χ2v) is 1.92. The molecule has 2 unspecified atom stereocenters. The Kier molecular flexibility index (Phi) is 15.6. The molecule has 0 aliphatic carbocycles. The third kappa shape index (κ3) is 13.6. The van der Waals surface area contributed by atoms with E-state index in [-0.39, 0.29) is 27.3 Å². The Morgan fingerprint density at radius 1 is 0.933 bits per heavy atom. The minimum atomic E-state index is -2.35. The maximum atomic E-state index is 11.3. The molecule has 86 valence electrons. The number of alkyl halides is 4. The van der Waals surface area contributed by atoms with Gasteiger partial charge in [0.05, 0.1) is 0 Å². The van der Waals surface area contributed by atoms with E-state index in [1.807, 2.05) is 0 Å². The van der Waals surface area contributed by atoms with Crippen LogP contribution in [0.15, 0.2) is 0 Å². The second kappa shape index (κ2) is 11.7.